The molecule has 2 bridgehead atoms. The Bertz CT molecular complexity index is 662. The van der Waals surface area contributed by atoms with Crippen molar-refractivity contribution < 1.29 is 29.9 Å². The predicted octanol–water partition coefficient (Wildman–Crippen LogP) is 0.443. The summed E-state index contributed by atoms with van der Waals surface area (Å²) in [6.07, 6.45) is 0.486. The van der Waals surface area contributed by atoms with Gasteiger partial charge in [0.05, 0.1) is 17.1 Å². The van der Waals surface area contributed by atoms with Crippen molar-refractivity contribution >= 4 is 29.4 Å². The maximum atomic E-state index is 12.0. The lowest BCUT2D eigenvalue weighted by molar-refractivity contribution is -0.991. The number of esters is 1. The molecule has 7 nitrogen and oxygen atoms in total. The Labute approximate surface area is 135 Å². The van der Waals surface area contributed by atoms with Gasteiger partial charge in [-0.25, -0.2) is 5.21 Å². The van der Waals surface area contributed by atoms with Crippen LogP contribution in [0.5, 0.6) is 0 Å². The second kappa shape index (κ2) is 5.20. The highest BCUT2D eigenvalue weighted by Crippen LogP contribution is 2.61. The molecule has 2 aliphatic carbocycles. The molecule has 1 aromatic carbocycles. The number of fused-ring (bicyclic) bond motifs is 1. The number of carboxylic acids is 1. The molecule has 3 N–H and O–H groups in total. The van der Waals surface area contributed by atoms with Crippen LogP contribution >= 0.6 is 11.8 Å². The van der Waals surface area contributed by atoms with Gasteiger partial charge < -0.3 is 15.1 Å². The molecule has 122 valence electrons. The van der Waals surface area contributed by atoms with Crippen LogP contribution in [0.1, 0.15) is 6.42 Å². The van der Waals surface area contributed by atoms with Gasteiger partial charge in [-0.2, -0.15) is 5.23 Å². The van der Waals surface area contributed by atoms with Gasteiger partial charge in [-0.05, 0) is 24.5 Å². The Morgan fingerprint density at radius 2 is 2.00 bits per heavy atom. The molecule has 0 aromatic heterocycles. The molecule has 0 radical (unpaired) electrons. The average molecular weight is 337 g/mol. The Kier molecular flexibility index (Phi) is 3.38. The molecule has 3 fully saturated rings. The number of carbonyl (C=O) groups excluding carboxylic acids is 1. The number of hydrogen-bond donors (Lipinski definition) is 3. The van der Waals surface area contributed by atoms with Crippen LogP contribution in [0, 0.1) is 28.9 Å². The first kappa shape index (κ1) is 14.9. The van der Waals surface area contributed by atoms with Gasteiger partial charge in [0, 0.05) is 22.9 Å². The van der Waals surface area contributed by atoms with Crippen molar-refractivity contribution in [2.45, 2.75) is 22.7 Å². The molecular formula is C15H15NO6S. The summed E-state index contributed by atoms with van der Waals surface area (Å²) in [5.74, 6) is -2.53. The number of rotatable bonds is 4. The average Bonchev–Trinajstić information content (AvgIpc) is 3.11. The van der Waals surface area contributed by atoms with Crippen LogP contribution in [0.2, 0.25) is 0 Å². The van der Waals surface area contributed by atoms with E-state index in [2.05, 4.69) is 0 Å². The van der Waals surface area contributed by atoms with E-state index in [-0.39, 0.29) is 34.8 Å². The van der Waals surface area contributed by atoms with E-state index >= 15 is 0 Å². The fourth-order valence-electron chi connectivity index (χ4n) is 4.32. The van der Waals surface area contributed by atoms with Gasteiger partial charge in [0.2, 0.25) is 0 Å². The van der Waals surface area contributed by atoms with E-state index in [9.17, 15) is 19.9 Å². The highest BCUT2D eigenvalue weighted by molar-refractivity contribution is 8.00. The minimum absolute atomic E-state index is 0.00407. The quantitative estimate of drug-likeness (QED) is 0.540. The minimum atomic E-state index is -0.986. The first-order chi connectivity index (χ1) is 11.0. The fourth-order valence-corrected chi connectivity index (χ4v) is 5.77. The van der Waals surface area contributed by atoms with Gasteiger partial charge in [0.15, 0.2) is 5.69 Å². The molecule has 1 heterocycles. The standard InChI is InChI=1S/C15H15NO6S/c17-14(18)10-9-5-8-11(10)15(19)22-12(8)13(9)23-7-3-1-6(2-4-7)16(20)21/h1-4,8-13,16,20H,5H2,(H,17,18). The first-order valence-electron chi connectivity index (χ1n) is 7.40. The number of ether oxygens (including phenoxy) is 1. The van der Waals surface area contributed by atoms with Crippen molar-refractivity contribution in [1.82, 2.24) is 0 Å². The zero-order valence-electron chi connectivity index (χ0n) is 11.9. The van der Waals surface area contributed by atoms with E-state index in [1.54, 1.807) is 12.1 Å². The number of benzene rings is 1. The van der Waals surface area contributed by atoms with Crippen molar-refractivity contribution in [2.24, 2.45) is 23.7 Å². The van der Waals surface area contributed by atoms with Crippen LogP contribution in [-0.2, 0) is 14.3 Å². The van der Waals surface area contributed by atoms with E-state index in [0.29, 0.717) is 6.42 Å². The van der Waals surface area contributed by atoms with E-state index in [0.717, 1.165) is 4.90 Å². The maximum absolute atomic E-state index is 12.0. The molecule has 3 aliphatic rings. The molecule has 1 aliphatic heterocycles. The first-order valence-corrected chi connectivity index (χ1v) is 8.28. The Balaban J connectivity index is 1.58. The van der Waals surface area contributed by atoms with Gasteiger partial charge >= 0.3 is 11.9 Å². The third kappa shape index (κ3) is 2.17. The Hall–Kier alpha value is -1.61. The molecule has 7 atom stereocenters. The number of quaternary nitrogens is 1. The molecule has 4 rings (SSSR count). The summed E-state index contributed by atoms with van der Waals surface area (Å²) >= 11 is 1.48. The lowest BCUT2D eigenvalue weighted by Gasteiger charge is -2.29. The summed E-state index contributed by atoms with van der Waals surface area (Å²) in [7, 11) is 0. The number of carboxylic acid groups (broad SMARTS) is 1. The van der Waals surface area contributed by atoms with E-state index in [1.165, 1.54) is 23.9 Å². The van der Waals surface area contributed by atoms with Gasteiger partial charge in [-0.1, -0.05) is 0 Å². The lowest BCUT2D eigenvalue weighted by atomic mass is 9.80. The van der Waals surface area contributed by atoms with Crippen molar-refractivity contribution in [1.29, 1.82) is 0 Å². The van der Waals surface area contributed by atoms with Crippen LogP contribution in [0.4, 0.5) is 5.69 Å². The molecule has 2 saturated carbocycles. The van der Waals surface area contributed by atoms with E-state index in [4.69, 9.17) is 9.94 Å². The zero-order chi connectivity index (χ0) is 16.3. The number of nitrogens with one attached hydrogen (secondary N) is 1. The summed E-state index contributed by atoms with van der Waals surface area (Å²) in [6, 6.07) is 6.47. The van der Waals surface area contributed by atoms with Crippen LogP contribution in [0.3, 0.4) is 0 Å². The number of hydrogen-bond acceptors (Lipinski definition) is 6. The summed E-state index contributed by atoms with van der Waals surface area (Å²) in [5, 5.41) is 28.2. The van der Waals surface area contributed by atoms with Crippen molar-refractivity contribution in [3.63, 3.8) is 0 Å². The molecule has 8 heteroatoms. The highest BCUT2D eigenvalue weighted by Gasteiger charge is 2.68. The zero-order valence-corrected chi connectivity index (χ0v) is 12.7. The van der Waals surface area contributed by atoms with Crippen molar-refractivity contribution in [2.75, 3.05) is 0 Å². The number of aliphatic carboxylic acids is 1. The normalized spacial score (nSPS) is 38.6. The highest BCUT2D eigenvalue weighted by atomic mass is 32.2. The van der Waals surface area contributed by atoms with E-state index < -0.39 is 23.0 Å². The Morgan fingerprint density at radius 1 is 1.30 bits per heavy atom. The molecule has 23 heavy (non-hydrogen) atoms. The van der Waals surface area contributed by atoms with Crippen LogP contribution in [-0.4, -0.2) is 33.6 Å². The smallest absolute Gasteiger partial charge is 0.310 e. The minimum Gasteiger partial charge on any atom is -0.595 e. The monoisotopic (exact) mass is 337 g/mol. The lowest BCUT2D eigenvalue weighted by Crippen LogP contribution is -2.99. The topological polar surface area (TPSA) is 111 Å². The van der Waals surface area contributed by atoms with Crippen LogP contribution < -0.4 is 5.23 Å². The molecule has 7 unspecified atom stereocenters. The summed E-state index contributed by atoms with van der Waals surface area (Å²) < 4.78 is 5.45. The Morgan fingerprint density at radius 3 is 2.61 bits per heavy atom. The molecule has 1 saturated heterocycles. The number of carbonyl (C=O) groups is 2. The third-order valence-corrected chi connectivity index (χ3v) is 6.64. The third-order valence-electron chi connectivity index (χ3n) is 5.20. The molecule has 1 aromatic rings. The SMILES string of the molecule is O=C1OC2C3CC(C2Sc2ccc([NH+]([O-])O)cc2)C(C(=O)O)C13. The fraction of sp³-hybridized carbons (Fsp3) is 0.467. The van der Waals surface area contributed by atoms with Crippen molar-refractivity contribution in [3.05, 3.63) is 29.5 Å². The maximum Gasteiger partial charge on any atom is 0.310 e. The van der Waals surface area contributed by atoms with Gasteiger partial charge in [0.25, 0.3) is 0 Å². The van der Waals surface area contributed by atoms with Crippen LogP contribution in [0.15, 0.2) is 29.2 Å². The molecule has 0 spiro atoms. The van der Waals surface area contributed by atoms with Gasteiger partial charge in [-0.3, -0.25) is 9.59 Å². The second-order valence-corrected chi connectivity index (χ2v) is 7.52. The van der Waals surface area contributed by atoms with E-state index in [1.807, 2.05) is 0 Å². The summed E-state index contributed by atoms with van der Waals surface area (Å²) in [4.78, 5) is 24.4. The van der Waals surface area contributed by atoms with Gasteiger partial charge in [-0.15, -0.1) is 11.8 Å². The largest absolute Gasteiger partial charge is 0.595 e. The van der Waals surface area contributed by atoms with Crippen LogP contribution in [0.25, 0.3) is 0 Å². The van der Waals surface area contributed by atoms with Gasteiger partial charge in [0.1, 0.15) is 6.10 Å². The predicted molar refractivity (Wildman–Crippen MR) is 78.0 cm³/mol. The summed E-state index contributed by atoms with van der Waals surface area (Å²) in [6.45, 7) is 0. The summed E-state index contributed by atoms with van der Waals surface area (Å²) in [5.41, 5.74) is 0.207. The van der Waals surface area contributed by atoms with Crippen molar-refractivity contribution in [3.8, 4) is 0 Å². The molecular weight excluding hydrogens is 322 g/mol. The number of thioether (sulfide) groups is 1. The second-order valence-electron chi connectivity index (χ2n) is 6.27. The molecule has 0 amide bonds.